The molecule has 1 fully saturated rings. The lowest BCUT2D eigenvalue weighted by Crippen LogP contribution is -2.35. The molecule has 6 nitrogen and oxygen atoms in total. The fourth-order valence-electron chi connectivity index (χ4n) is 3.42. The Balaban J connectivity index is 1.46. The monoisotopic (exact) mass is 383 g/mol. The molecule has 1 amide bonds. The van der Waals surface area contributed by atoms with E-state index in [-0.39, 0.29) is 5.91 Å². The van der Waals surface area contributed by atoms with Gasteiger partial charge in [0.15, 0.2) is 0 Å². The van der Waals surface area contributed by atoms with Gasteiger partial charge in [0, 0.05) is 31.2 Å². The Kier molecular flexibility index (Phi) is 4.99. The second-order valence-electron chi connectivity index (χ2n) is 6.89. The molecular weight excluding hydrogens is 362 g/mol. The Morgan fingerprint density at radius 3 is 2.81 bits per heavy atom. The molecule has 1 N–H and O–H groups in total. The largest absolute Gasteiger partial charge is 0.363 e. The zero-order valence-corrected chi connectivity index (χ0v) is 16.0. The lowest BCUT2D eigenvalue weighted by Gasteiger charge is -2.26. The Morgan fingerprint density at radius 1 is 1.26 bits per heavy atom. The molecule has 1 saturated heterocycles. The van der Waals surface area contributed by atoms with Crippen LogP contribution >= 0.6 is 11.6 Å². The molecule has 1 aliphatic heterocycles. The molecule has 7 heteroatoms. The van der Waals surface area contributed by atoms with Crippen LogP contribution < -0.4 is 5.32 Å². The van der Waals surface area contributed by atoms with E-state index in [0.29, 0.717) is 22.9 Å². The maximum atomic E-state index is 12.6. The predicted octanol–water partition coefficient (Wildman–Crippen LogP) is 3.93. The van der Waals surface area contributed by atoms with Gasteiger partial charge in [-0.25, -0.2) is 9.97 Å². The number of rotatable bonds is 4. The van der Waals surface area contributed by atoms with Gasteiger partial charge in [0.1, 0.15) is 11.5 Å². The summed E-state index contributed by atoms with van der Waals surface area (Å²) in [7, 11) is 0. The molecule has 4 rings (SSSR count). The van der Waals surface area contributed by atoms with Gasteiger partial charge in [-0.3, -0.25) is 4.79 Å². The Morgan fingerprint density at radius 2 is 2.07 bits per heavy atom. The summed E-state index contributed by atoms with van der Waals surface area (Å²) in [5.41, 5.74) is 3.47. The van der Waals surface area contributed by atoms with Gasteiger partial charge < -0.3 is 14.6 Å². The zero-order valence-electron chi connectivity index (χ0n) is 15.3. The highest BCUT2D eigenvalue weighted by molar-refractivity contribution is 6.33. The summed E-state index contributed by atoms with van der Waals surface area (Å²) in [5, 5.41) is 3.65. The van der Waals surface area contributed by atoms with Crippen LogP contribution in [0.2, 0.25) is 5.02 Å². The SMILES string of the molecule is Cc1cccc2nc(CNc3ncc(C(=O)N4CCCCC4)cc3Cl)cn12. The standard InChI is InChI=1S/C20H22ClN5O/c1-14-6-5-7-18-24-16(13-26(14)18)12-23-19-17(21)10-15(11-22-19)20(27)25-8-3-2-4-9-25/h5-7,10-11,13H,2-4,8-9,12H2,1H3,(H,22,23). The van der Waals surface area contributed by atoms with Gasteiger partial charge in [0.25, 0.3) is 5.91 Å². The summed E-state index contributed by atoms with van der Waals surface area (Å²) >= 11 is 6.36. The number of anilines is 1. The van der Waals surface area contributed by atoms with Crippen molar-refractivity contribution >= 4 is 29.0 Å². The number of amides is 1. The number of hydrogen-bond donors (Lipinski definition) is 1. The third-order valence-corrected chi connectivity index (χ3v) is 5.20. The minimum absolute atomic E-state index is 0.00600. The van der Waals surface area contributed by atoms with Gasteiger partial charge in [-0.2, -0.15) is 0 Å². The number of carbonyl (C=O) groups is 1. The van der Waals surface area contributed by atoms with Crippen molar-refractivity contribution in [3.05, 3.63) is 58.6 Å². The van der Waals surface area contributed by atoms with Gasteiger partial charge in [0.2, 0.25) is 0 Å². The van der Waals surface area contributed by atoms with Gasteiger partial charge in [-0.1, -0.05) is 17.7 Å². The van der Waals surface area contributed by atoms with E-state index in [1.807, 2.05) is 40.6 Å². The third-order valence-electron chi connectivity index (χ3n) is 4.91. The number of hydrogen-bond acceptors (Lipinski definition) is 4. The molecule has 0 atom stereocenters. The number of pyridine rings is 2. The van der Waals surface area contributed by atoms with Crippen LogP contribution in [0.25, 0.3) is 5.65 Å². The van der Waals surface area contributed by atoms with Crippen molar-refractivity contribution in [2.45, 2.75) is 32.7 Å². The van der Waals surface area contributed by atoms with Crippen LogP contribution in [0.1, 0.15) is 41.0 Å². The second kappa shape index (κ2) is 7.56. The van der Waals surface area contributed by atoms with Crippen LogP contribution in [-0.4, -0.2) is 38.3 Å². The Hall–Kier alpha value is -2.60. The molecular formula is C20H22ClN5O. The summed E-state index contributed by atoms with van der Waals surface area (Å²) in [5.74, 6) is 0.562. The maximum absolute atomic E-state index is 12.6. The molecule has 0 unspecified atom stereocenters. The summed E-state index contributed by atoms with van der Waals surface area (Å²) in [6.07, 6.45) is 6.91. The fourth-order valence-corrected chi connectivity index (χ4v) is 3.66. The smallest absolute Gasteiger partial charge is 0.255 e. The van der Waals surface area contributed by atoms with E-state index in [1.165, 1.54) is 6.42 Å². The number of aryl methyl sites for hydroxylation is 1. The minimum Gasteiger partial charge on any atom is -0.363 e. The van der Waals surface area contributed by atoms with E-state index in [9.17, 15) is 4.79 Å². The number of imidazole rings is 1. The summed E-state index contributed by atoms with van der Waals surface area (Å²) in [4.78, 5) is 23.4. The van der Waals surface area contributed by atoms with Crippen molar-refractivity contribution in [3.8, 4) is 0 Å². The molecule has 3 aromatic rings. The lowest BCUT2D eigenvalue weighted by atomic mass is 10.1. The first kappa shape index (κ1) is 17.8. The minimum atomic E-state index is 0.00600. The molecule has 1 aliphatic rings. The average molecular weight is 384 g/mol. The molecule has 0 spiro atoms. The van der Waals surface area contributed by atoms with E-state index in [4.69, 9.17) is 11.6 Å². The van der Waals surface area contributed by atoms with E-state index in [1.54, 1.807) is 12.3 Å². The lowest BCUT2D eigenvalue weighted by molar-refractivity contribution is 0.0724. The van der Waals surface area contributed by atoms with Crippen molar-refractivity contribution in [2.24, 2.45) is 0 Å². The Labute approximate surface area is 163 Å². The van der Waals surface area contributed by atoms with Crippen molar-refractivity contribution in [3.63, 3.8) is 0 Å². The van der Waals surface area contributed by atoms with E-state index in [2.05, 4.69) is 15.3 Å². The van der Waals surface area contributed by atoms with Crippen molar-refractivity contribution < 1.29 is 4.79 Å². The number of nitrogens with zero attached hydrogens (tertiary/aromatic N) is 4. The molecule has 3 aromatic heterocycles. The van der Waals surface area contributed by atoms with Gasteiger partial charge in [-0.15, -0.1) is 0 Å². The van der Waals surface area contributed by atoms with E-state index in [0.717, 1.165) is 43.0 Å². The summed E-state index contributed by atoms with van der Waals surface area (Å²) in [6.45, 7) is 4.17. The number of nitrogens with one attached hydrogen (secondary N) is 1. The quantitative estimate of drug-likeness (QED) is 0.741. The van der Waals surface area contributed by atoms with Gasteiger partial charge in [-0.05, 0) is 44.4 Å². The number of carbonyl (C=O) groups excluding carboxylic acids is 1. The van der Waals surface area contributed by atoms with E-state index >= 15 is 0 Å². The Bertz CT molecular complexity index is 978. The van der Waals surface area contributed by atoms with Crippen molar-refractivity contribution in [1.82, 2.24) is 19.3 Å². The molecule has 27 heavy (non-hydrogen) atoms. The summed E-state index contributed by atoms with van der Waals surface area (Å²) < 4.78 is 2.05. The van der Waals surface area contributed by atoms with Crippen LogP contribution in [-0.2, 0) is 6.54 Å². The molecule has 0 radical (unpaired) electrons. The highest BCUT2D eigenvalue weighted by Crippen LogP contribution is 2.22. The first-order valence-corrected chi connectivity index (χ1v) is 9.62. The molecule has 0 aromatic carbocycles. The van der Waals surface area contributed by atoms with Crippen LogP contribution in [0, 0.1) is 6.92 Å². The number of fused-ring (bicyclic) bond motifs is 1. The number of likely N-dealkylation sites (tertiary alicyclic amines) is 1. The van der Waals surface area contributed by atoms with Crippen LogP contribution in [0.4, 0.5) is 5.82 Å². The number of halogens is 1. The highest BCUT2D eigenvalue weighted by Gasteiger charge is 2.19. The summed E-state index contributed by atoms with van der Waals surface area (Å²) in [6, 6.07) is 7.71. The van der Waals surface area contributed by atoms with Crippen LogP contribution in [0.15, 0.2) is 36.7 Å². The fraction of sp³-hybridized carbons (Fsp3) is 0.350. The molecule has 140 valence electrons. The van der Waals surface area contributed by atoms with Gasteiger partial charge in [0.05, 0.1) is 22.8 Å². The van der Waals surface area contributed by atoms with Crippen molar-refractivity contribution in [1.29, 1.82) is 0 Å². The number of aromatic nitrogens is 3. The first-order chi connectivity index (χ1) is 13.1. The number of piperidine rings is 1. The molecule has 4 heterocycles. The van der Waals surface area contributed by atoms with Crippen molar-refractivity contribution in [2.75, 3.05) is 18.4 Å². The average Bonchev–Trinajstić information content (AvgIpc) is 3.12. The third kappa shape index (κ3) is 3.76. The van der Waals surface area contributed by atoms with Gasteiger partial charge >= 0.3 is 0 Å². The van der Waals surface area contributed by atoms with Crippen LogP contribution in [0.3, 0.4) is 0 Å². The van der Waals surface area contributed by atoms with Crippen LogP contribution in [0.5, 0.6) is 0 Å². The van der Waals surface area contributed by atoms with E-state index < -0.39 is 0 Å². The molecule has 0 aliphatic carbocycles. The topological polar surface area (TPSA) is 62.5 Å². The maximum Gasteiger partial charge on any atom is 0.255 e. The highest BCUT2D eigenvalue weighted by atomic mass is 35.5. The zero-order chi connectivity index (χ0) is 18.8. The predicted molar refractivity (Wildman–Crippen MR) is 106 cm³/mol. The normalized spacial score (nSPS) is 14.5. The second-order valence-corrected chi connectivity index (χ2v) is 7.30. The molecule has 0 saturated carbocycles. The molecule has 0 bridgehead atoms. The first-order valence-electron chi connectivity index (χ1n) is 9.24.